The molecule has 3 aromatic rings. The number of esters is 2. The van der Waals surface area contributed by atoms with E-state index in [-0.39, 0.29) is 47.5 Å². The van der Waals surface area contributed by atoms with Crippen LogP contribution in [0.3, 0.4) is 0 Å². The molecule has 11 nitrogen and oxygen atoms in total. The summed E-state index contributed by atoms with van der Waals surface area (Å²) in [5.74, 6) is -1.43. The van der Waals surface area contributed by atoms with E-state index in [1.54, 1.807) is 25.1 Å². The molecule has 2 aromatic heterocycles. The maximum Gasteiger partial charge on any atom is 0.355 e. The minimum Gasteiger partial charge on any atom is -0.457 e. The third-order valence-electron chi connectivity index (χ3n) is 6.16. The zero-order valence-corrected chi connectivity index (χ0v) is 17.7. The van der Waals surface area contributed by atoms with Crippen molar-refractivity contribution in [3.8, 4) is 11.4 Å². The Morgan fingerprint density at radius 2 is 2.12 bits per heavy atom. The highest BCUT2D eigenvalue weighted by Crippen LogP contribution is 2.42. The van der Waals surface area contributed by atoms with Gasteiger partial charge in [-0.25, -0.2) is 9.78 Å². The lowest BCUT2D eigenvalue weighted by molar-refractivity contribution is -0.382. The van der Waals surface area contributed by atoms with Gasteiger partial charge in [-0.2, -0.15) is 0 Å². The van der Waals surface area contributed by atoms with Crippen molar-refractivity contribution >= 4 is 34.2 Å². The van der Waals surface area contributed by atoms with Crippen molar-refractivity contribution in [3.63, 3.8) is 0 Å². The molecule has 1 unspecified atom stereocenters. The second kappa shape index (κ2) is 6.86. The van der Waals surface area contributed by atoms with Gasteiger partial charge in [0.05, 0.1) is 39.3 Å². The van der Waals surface area contributed by atoms with E-state index in [4.69, 9.17) is 15.2 Å². The zero-order chi connectivity index (χ0) is 23.7. The molecule has 0 saturated carbocycles. The van der Waals surface area contributed by atoms with Crippen molar-refractivity contribution in [2.75, 3.05) is 5.73 Å². The van der Waals surface area contributed by atoms with E-state index in [0.29, 0.717) is 22.5 Å². The van der Waals surface area contributed by atoms with Crippen LogP contribution in [0.5, 0.6) is 0 Å². The van der Waals surface area contributed by atoms with Gasteiger partial charge in [-0.1, -0.05) is 6.92 Å². The fourth-order valence-electron chi connectivity index (χ4n) is 4.66. The molecule has 5 rings (SSSR count). The Morgan fingerprint density at radius 1 is 1.36 bits per heavy atom. The first-order chi connectivity index (χ1) is 15.7. The first kappa shape index (κ1) is 20.6. The third kappa shape index (κ3) is 2.75. The summed E-state index contributed by atoms with van der Waals surface area (Å²) in [6.07, 6.45) is 0.0742. The standard InChI is InChI=1S/C22H18N4O7/c1-3-22(33-10(2)27)14-7-17-18-11(8-25(17)20(28)13(14)9-32-21(22)29)6-12-16(24-18)5-4-15(23)19(12)26(30)31/h4-7H,3,8-9,23H2,1-2H3. The molecule has 2 aliphatic heterocycles. The van der Waals surface area contributed by atoms with Crippen molar-refractivity contribution in [1.82, 2.24) is 9.55 Å². The number of hydrogen-bond donors (Lipinski definition) is 1. The molecule has 0 spiro atoms. The first-order valence-electron chi connectivity index (χ1n) is 10.2. The maximum absolute atomic E-state index is 13.4. The van der Waals surface area contributed by atoms with Crippen LogP contribution >= 0.6 is 0 Å². The fraction of sp³-hybridized carbons (Fsp3) is 0.273. The SMILES string of the molecule is CCC1(OC(C)=O)C(=O)OCc2c1cc1n(c2=O)Cc2cc3c([N+](=O)[O-])c(N)ccc3nc2-1. The van der Waals surface area contributed by atoms with Crippen LogP contribution in [0.1, 0.15) is 37.0 Å². The lowest BCUT2D eigenvalue weighted by Gasteiger charge is -2.35. The van der Waals surface area contributed by atoms with E-state index in [9.17, 15) is 24.5 Å². The molecule has 4 heterocycles. The average Bonchev–Trinajstić information content (AvgIpc) is 3.12. The number of fused-ring (bicyclic) bond motifs is 5. The number of nitrogen functional groups attached to an aromatic ring is 1. The molecule has 33 heavy (non-hydrogen) atoms. The molecule has 1 atom stereocenters. The Bertz CT molecular complexity index is 1480. The molecule has 0 aliphatic carbocycles. The van der Waals surface area contributed by atoms with Crippen LogP contribution in [-0.4, -0.2) is 26.4 Å². The largest absolute Gasteiger partial charge is 0.457 e. The lowest BCUT2D eigenvalue weighted by Crippen LogP contribution is -2.47. The van der Waals surface area contributed by atoms with Gasteiger partial charge >= 0.3 is 17.6 Å². The van der Waals surface area contributed by atoms with E-state index < -0.39 is 28.0 Å². The number of carbonyl (C=O) groups excluding carboxylic acids is 2. The molecule has 0 bridgehead atoms. The average molecular weight is 450 g/mol. The van der Waals surface area contributed by atoms with Gasteiger partial charge < -0.3 is 19.8 Å². The van der Waals surface area contributed by atoms with Crippen LogP contribution < -0.4 is 11.3 Å². The van der Waals surface area contributed by atoms with E-state index in [1.807, 2.05) is 0 Å². The summed E-state index contributed by atoms with van der Waals surface area (Å²) in [7, 11) is 0. The summed E-state index contributed by atoms with van der Waals surface area (Å²) >= 11 is 0. The zero-order valence-electron chi connectivity index (χ0n) is 17.7. The molecule has 2 aliphatic rings. The highest BCUT2D eigenvalue weighted by Gasteiger charge is 2.50. The number of rotatable bonds is 3. The Kier molecular flexibility index (Phi) is 4.28. The van der Waals surface area contributed by atoms with Gasteiger partial charge in [0, 0.05) is 18.1 Å². The Balaban J connectivity index is 1.79. The summed E-state index contributed by atoms with van der Waals surface area (Å²) in [6.45, 7) is 2.73. The summed E-state index contributed by atoms with van der Waals surface area (Å²) in [6, 6.07) is 6.22. The number of nitro benzene ring substituents is 1. The Hall–Kier alpha value is -4.28. The fourth-order valence-corrected chi connectivity index (χ4v) is 4.66. The van der Waals surface area contributed by atoms with Crippen molar-refractivity contribution in [1.29, 1.82) is 0 Å². The lowest BCUT2D eigenvalue weighted by atomic mass is 9.85. The molecule has 0 fully saturated rings. The third-order valence-corrected chi connectivity index (χ3v) is 6.16. The highest BCUT2D eigenvalue weighted by atomic mass is 16.6. The van der Waals surface area contributed by atoms with Crippen LogP contribution in [0.4, 0.5) is 11.4 Å². The number of aromatic nitrogens is 2. The van der Waals surface area contributed by atoms with E-state index in [0.717, 1.165) is 0 Å². The minimum absolute atomic E-state index is 0.0159. The van der Waals surface area contributed by atoms with Crippen molar-refractivity contribution < 1.29 is 24.0 Å². The Morgan fingerprint density at radius 3 is 2.79 bits per heavy atom. The number of hydrogen-bond acceptors (Lipinski definition) is 9. The number of pyridine rings is 2. The van der Waals surface area contributed by atoms with Gasteiger partial charge in [-0.3, -0.25) is 19.7 Å². The smallest absolute Gasteiger partial charge is 0.355 e. The summed E-state index contributed by atoms with van der Waals surface area (Å²) in [4.78, 5) is 53.5. The molecule has 0 saturated heterocycles. The molecule has 1 aromatic carbocycles. The van der Waals surface area contributed by atoms with Crippen LogP contribution in [0.25, 0.3) is 22.3 Å². The minimum atomic E-state index is -1.74. The molecule has 0 radical (unpaired) electrons. The summed E-state index contributed by atoms with van der Waals surface area (Å²) in [5, 5.41) is 11.8. The number of cyclic esters (lactones) is 1. The Labute approximate surface area is 185 Å². The highest BCUT2D eigenvalue weighted by molar-refractivity contribution is 5.96. The monoisotopic (exact) mass is 450 g/mol. The van der Waals surface area contributed by atoms with E-state index in [2.05, 4.69) is 4.98 Å². The van der Waals surface area contributed by atoms with Gasteiger partial charge in [0.2, 0.25) is 5.60 Å². The molecule has 2 N–H and O–H groups in total. The number of ether oxygens (including phenoxy) is 2. The molecule has 168 valence electrons. The number of nitrogens with zero attached hydrogens (tertiary/aromatic N) is 3. The van der Waals surface area contributed by atoms with Crippen LogP contribution in [0, 0.1) is 10.1 Å². The first-order valence-corrected chi connectivity index (χ1v) is 10.2. The van der Waals surface area contributed by atoms with E-state index >= 15 is 0 Å². The van der Waals surface area contributed by atoms with Gasteiger partial charge in [-0.05, 0) is 30.7 Å². The second-order valence-corrected chi connectivity index (χ2v) is 7.99. The summed E-state index contributed by atoms with van der Waals surface area (Å²) in [5.41, 5.74) is 5.74. The van der Waals surface area contributed by atoms with E-state index in [1.165, 1.54) is 17.6 Å². The molecular formula is C22H18N4O7. The molecular weight excluding hydrogens is 432 g/mol. The number of carbonyl (C=O) groups is 2. The van der Waals surface area contributed by atoms with Crippen LogP contribution in [0.2, 0.25) is 0 Å². The van der Waals surface area contributed by atoms with Crippen LogP contribution in [0.15, 0.2) is 29.1 Å². The number of nitro groups is 1. The topological polar surface area (TPSA) is 157 Å². The quantitative estimate of drug-likeness (QED) is 0.214. The van der Waals surface area contributed by atoms with Gasteiger partial charge in [0.15, 0.2) is 0 Å². The van der Waals surface area contributed by atoms with Crippen molar-refractivity contribution in [3.05, 3.63) is 61.4 Å². The number of anilines is 1. The van der Waals surface area contributed by atoms with Crippen molar-refractivity contribution in [2.24, 2.45) is 0 Å². The predicted octanol–water partition coefficient (Wildman–Crippen LogP) is 2.14. The maximum atomic E-state index is 13.4. The normalized spacial score (nSPS) is 18.3. The van der Waals surface area contributed by atoms with Gasteiger partial charge in [-0.15, -0.1) is 0 Å². The number of nitrogens with two attached hydrogens (primary N) is 1. The van der Waals surface area contributed by atoms with Crippen LogP contribution in [-0.2, 0) is 37.8 Å². The molecule has 11 heteroatoms. The van der Waals surface area contributed by atoms with Gasteiger partial charge in [0.25, 0.3) is 5.56 Å². The van der Waals surface area contributed by atoms with Gasteiger partial charge in [0.1, 0.15) is 12.3 Å². The summed E-state index contributed by atoms with van der Waals surface area (Å²) < 4.78 is 12.1. The number of benzene rings is 1. The molecule has 0 amide bonds. The van der Waals surface area contributed by atoms with Crippen molar-refractivity contribution in [2.45, 2.75) is 39.0 Å². The second-order valence-electron chi connectivity index (χ2n) is 7.99. The predicted molar refractivity (Wildman–Crippen MR) is 115 cm³/mol.